The lowest BCUT2D eigenvalue weighted by Gasteiger charge is -2.51. The van der Waals surface area contributed by atoms with Crippen LogP contribution in [0.4, 0.5) is 10.1 Å². The Morgan fingerprint density at radius 1 is 1.03 bits per heavy atom. The molecule has 1 aliphatic heterocycles. The van der Waals surface area contributed by atoms with Crippen LogP contribution in [-0.4, -0.2) is 31.6 Å². The number of phenols is 1. The van der Waals surface area contributed by atoms with Gasteiger partial charge in [-0.25, -0.2) is 4.39 Å². The van der Waals surface area contributed by atoms with E-state index in [1.165, 1.54) is 5.56 Å². The molecule has 192 valence electrons. The number of rotatable bonds is 5. The summed E-state index contributed by atoms with van der Waals surface area (Å²) < 4.78 is 22.0. The molecule has 4 nitrogen and oxygen atoms in total. The number of ether oxygens (including phenoxy) is 1. The number of aryl methyl sites for hydroxylation is 1. The summed E-state index contributed by atoms with van der Waals surface area (Å²) in [5, 5.41) is 10.1. The van der Waals surface area contributed by atoms with E-state index in [-0.39, 0.29) is 34.7 Å². The van der Waals surface area contributed by atoms with E-state index in [0.717, 1.165) is 74.7 Å². The Bertz CT molecular complexity index is 1290. The maximum atomic E-state index is 16.1. The number of hydrogen-bond donors (Lipinski definition) is 1. The quantitative estimate of drug-likeness (QED) is 0.402. The molecule has 2 fully saturated rings. The van der Waals surface area contributed by atoms with Crippen molar-refractivity contribution in [2.75, 3.05) is 25.1 Å². The average Bonchev–Trinajstić information content (AvgIpc) is 2.91. The lowest BCUT2D eigenvalue weighted by molar-refractivity contribution is -0.118. The standard InChI is InChI=1S/C32H34FNO3/c1-37-30-16-27(28(33)17-29(30)34-13-11-32(12-14-34)18-21(19-32)20-35)31-25(22-5-3-2-4-6-22)9-7-23-15-24(36)8-10-26(23)31/h2-6,8,10,15-17,20-21,25,31,36H,7,9,11-14,18-19H2,1H3/t25-,31+/m1/s1. The van der Waals surface area contributed by atoms with Gasteiger partial charge in [0.15, 0.2) is 0 Å². The van der Waals surface area contributed by atoms with Gasteiger partial charge in [0.2, 0.25) is 0 Å². The summed E-state index contributed by atoms with van der Waals surface area (Å²) in [5.41, 5.74) is 5.08. The first-order chi connectivity index (χ1) is 18.0. The number of piperidine rings is 1. The minimum atomic E-state index is -0.215. The van der Waals surface area contributed by atoms with Crippen molar-refractivity contribution in [2.24, 2.45) is 11.3 Å². The molecule has 0 bridgehead atoms. The van der Waals surface area contributed by atoms with Gasteiger partial charge in [-0.3, -0.25) is 0 Å². The van der Waals surface area contributed by atoms with E-state index in [0.29, 0.717) is 11.3 Å². The molecule has 5 heteroatoms. The van der Waals surface area contributed by atoms with Crippen LogP contribution < -0.4 is 9.64 Å². The molecule has 3 aromatic carbocycles. The Labute approximate surface area is 218 Å². The maximum Gasteiger partial charge on any atom is 0.142 e. The smallest absolute Gasteiger partial charge is 0.142 e. The van der Waals surface area contributed by atoms with Crippen LogP contribution in [0.1, 0.15) is 66.2 Å². The fraction of sp³-hybridized carbons (Fsp3) is 0.406. The number of anilines is 1. The molecule has 3 aliphatic rings. The lowest BCUT2D eigenvalue weighted by atomic mass is 9.58. The van der Waals surface area contributed by atoms with E-state index in [1.807, 2.05) is 36.4 Å². The molecule has 37 heavy (non-hydrogen) atoms. The van der Waals surface area contributed by atoms with Crippen LogP contribution >= 0.6 is 0 Å². The first-order valence-corrected chi connectivity index (χ1v) is 13.4. The van der Waals surface area contributed by atoms with Crippen LogP contribution in [0.2, 0.25) is 0 Å². The SMILES string of the molecule is COc1cc([C@@H]2c3ccc(O)cc3CC[C@@H]2c2ccccc2)c(F)cc1N1CCC2(CC1)CC(C=O)C2. The number of halogens is 1. The van der Waals surface area contributed by atoms with Gasteiger partial charge in [0.1, 0.15) is 23.6 Å². The first-order valence-electron chi connectivity index (χ1n) is 13.4. The summed E-state index contributed by atoms with van der Waals surface area (Å²) in [5.74, 6) is 0.905. The highest BCUT2D eigenvalue weighted by Crippen LogP contribution is 2.53. The number of methoxy groups -OCH3 is 1. The number of phenolic OH excluding ortho intramolecular Hbond substituents is 1. The number of aromatic hydroxyl groups is 1. The topological polar surface area (TPSA) is 49.8 Å². The van der Waals surface area contributed by atoms with Crippen molar-refractivity contribution in [3.8, 4) is 11.5 Å². The Morgan fingerprint density at radius 2 is 1.78 bits per heavy atom. The first kappa shape index (κ1) is 24.0. The summed E-state index contributed by atoms with van der Waals surface area (Å²) in [6.45, 7) is 1.69. The largest absolute Gasteiger partial charge is 0.508 e. The van der Waals surface area contributed by atoms with Crippen LogP contribution in [0.3, 0.4) is 0 Å². The Balaban J connectivity index is 1.36. The van der Waals surface area contributed by atoms with Crippen molar-refractivity contribution in [1.29, 1.82) is 0 Å². The van der Waals surface area contributed by atoms with Crippen molar-refractivity contribution in [2.45, 2.75) is 50.4 Å². The highest BCUT2D eigenvalue weighted by molar-refractivity contribution is 5.63. The molecule has 0 unspecified atom stereocenters. The van der Waals surface area contributed by atoms with Gasteiger partial charge >= 0.3 is 0 Å². The zero-order valence-electron chi connectivity index (χ0n) is 21.3. The highest BCUT2D eigenvalue weighted by Gasteiger charge is 2.46. The van der Waals surface area contributed by atoms with Gasteiger partial charge in [0.25, 0.3) is 0 Å². The number of benzene rings is 3. The molecule has 3 aromatic rings. The van der Waals surface area contributed by atoms with Gasteiger partial charge in [-0.05, 0) is 90.3 Å². The molecule has 2 aliphatic carbocycles. The molecule has 1 heterocycles. The van der Waals surface area contributed by atoms with Crippen molar-refractivity contribution in [3.05, 3.63) is 88.7 Å². The second-order valence-electron chi connectivity index (χ2n) is 11.3. The fourth-order valence-electron chi connectivity index (χ4n) is 7.24. The number of carbonyl (C=O) groups excluding carboxylic acids is 1. The molecule has 1 saturated carbocycles. The van der Waals surface area contributed by atoms with E-state index in [1.54, 1.807) is 19.2 Å². The predicted octanol–water partition coefficient (Wildman–Crippen LogP) is 6.60. The maximum absolute atomic E-state index is 16.1. The summed E-state index contributed by atoms with van der Waals surface area (Å²) in [6.07, 6.45) is 6.86. The number of carbonyl (C=O) groups is 1. The monoisotopic (exact) mass is 499 g/mol. The predicted molar refractivity (Wildman–Crippen MR) is 143 cm³/mol. The fourth-order valence-corrected chi connectivity index (χ4v) is 7.24. The highest BCUT2D eigenvalue weighted by atomic mass is 19.1. The van der Waals surface area contributed by atoms with Crippen LogP contribution in [0.5, 0.6) is 11.5 Å². The van der Waals surface area contributed by atoms with E-state index >= 15 is 4.39 Å². The van der Waals surface area contributed by atoms with Crippen LogP contribution in [0.15, 0.2) is 60.7 Å². The minimum absolute atomic E-state index is 0.127. The molecule has 1 saturated heterocycles. The second kappa shape index (κ2) is 9.51. The zero-order chi connectivity index (χ0) is 25.6. The number of aldehydes is 1. The minimum Gasteiger partial charge on any atom is -0.508 e. The van der Waals surface area contributed by atoms with Crippen molar-refractivity contribution in [3.63, 3.8) is 0 Å². The van der Waals surface area contributed by atoms with Crippen molar-refractivity contribution in [1.82, 2.24) is 0 Å². The molecule has 0 amide bonds. The molecular weight excluding hydrogens is 465 g/mol. The van der Waals surface area contributed by atoms with E-state index in [9.17, 15) is 9.90 Å². The third-order valence-electron chi connectivity index (χ3n) is 9.20. The molecular formula is C32H34FNO3. The summed E-state index contributed by atoms with van der Waals surface area (Å²) in [4.78, 5) is 13.4. The number of nitrogens with zero attached hydrogens (tertiary/aromatic N) is 1. The summed E-state index contributed by atoms with van der Waals surface area (Å²) in [6, 6.07) is 19.4. The Morgan fingerprint density at radius 3 is 2.49 bits per heavy atom. The van der Waals surface area contributed by atoms with Gasteiger partial charge in [-0.1, -0.05) is 36.4 Å². The second-order valence-corrected chi connectivity index (χ2v) is 11.3. The normalized spacial score (nSPS) is 22.8. The van der Waals surface area contributed by atoms with Crippen LogP contribution in [0.25, 0.3) is 0 Å². The van der Waals surface area contributed by atoms with E-state index in [4.69, 9.17) is 4.74 Å². The van der Waals surface area contributed by atoms with E-state index < -0.39 is 0 Å². The summed E-state index contributed by atoms with van der Waals surface area (Å²) in [7, 11) is 1.66. The Kier molecular flexibility index (Phi) is 6.18. The van der Waals surface area contributed by atoms with Crippen LogP contribution in [0, 0.1) is 17.2 Å². The molecule has 1 N–H and O–H groups in total. The summed E-state index contributed by atoms with van der Waals surface area (Å²) >= 11 is 0. The van der Waals surface area contributed by atoms with Crippen molar-refractivity contribution >= 4 is 12.0 Å². The molecule has 6 rings (SSSR count). The molecule has 0 aromatic heterocycles. The molecule has 1 spiro atoms. The molecule has 2 atom stereocenters. The van der Waals surface area contributed by atoms with Gasteiger partial charge in [-0.15, -0.1) is 0 Å². The van der Waals surface area contributed by atoms with Gasteiger partial charge in [0.05, 0.1) is 12.8 Å². The number of hydrogen-bond acceptors (Lipinski definition) is 4. The van der Waals surface area contributed by atoms with Gasteiger partial charge in [-0.2, -0.15) is 0 Å². The number of fused-ring (bicyclic) bond motifs is 1. The third-order valence-corrected chi connectivity index (χ3v) is 9.20. The molecule has 0 radical (unpaired) electrons. The third kappa shape index (κ3) is 4.28. The van der Waals surface area contributed by atoms with Gasteiger partial charge in [0, 0.05) is 31.0 Å². The Hall–Kier alpha value is -3.34. The van der Waals surface area contributed by atoms with Crippen LogP contribution in [-0.2, 0) is 11.2 Å². The van der Waals surface area contributed by atoms with Gasteiger partial charge < -0.3 is 19.5 Å². The lowest BCUT2D eigenvalue weighted by Crippen LogP contribution is -2.47. The van der Waals surface area contributed by atoms with E-state index in [2.05, 4.69) is 17.0 Å². The average molecular weight is 500 g/mol. The zero-order valence-corrected chi connectivity index (χ0v) is 21.3. The van der Waals surface area contributed by atoms with Crippen molar-refractivity contribution < 1.29 is 19.0 Å².